The molecule has 19 heavy (non-hydrogen) atoms. The third-order valence-electron chi connectivity index (χ3n) is 3.15. The molecule has 0 aliphatic carbocycles. The Bertz CT molecular complexity index is 834. The number of fused-ring (bicyclic) bond motifs is 2. The topological polar surface area (TPSA) is 29.3 Å². The average molecular weight is 419 g/mol. The summed E-state index contributed by atoms with van der Waals surface area (Å²) in [6, 6.07) is 15.0. The fourth-order valence-corrected chi connectivity index (χ4v) is 2.88. The molecule has 0 aliphatic rings. The van der Waals surface area contributed by atoms with Gasteiger partial charge in [-0.3, -0.25) is 0 Å². The van der Waals surface area contributed by atoms with Gasteiger partial charge in [-0.05, 0) is 0 Å². The summed E-state index contributed by atoms with van der Waals surface area (Å²) in [5, 5.41) is 9.27. The van der Waals surface area contributed by atoms with E-state index in [2.05, 4.69) is 68.3 Å². The van der Waals surface area contributed by atoms with Crippen molar-refractivity contribution < 1.29 is 19.4 Å². The van der Waals surface area contributed by atoms with E-state index in [4.69, 9.17) is 0 Å². The maximum atomic E-state index is 4.41. The number of nitrogens with zero attached hydrogens (tertiary/aromatic N) is 2. The minimum absolute atomic E-state index is 0.945. The van der Waals surface area contributed by atoms with Gasteiger partial charge < -0.3 is 0 Å². The van der Waals surface area contributed by atoms with Gasteiger partial charge in [0.2, 0.25) is 0 Å². The molecule has 0 fully saturated rings. The second-order valence-electron chi connectivity index (χ2n) is 4.27. The molecule has 0 radical (unpaired) electrons. The Morgan fingerprint density at radius 2 is 1.84 bits per heavy atom. The van der Waals surface area contributed by atoms with Gasteiger partial charge in [-0.2, -0.15) is 0 Å². The van der Waals surface area contributed by atoms with Gasteiger partial charge in [0.1, 0.15) is 0 Å². The average Bonchev–Trinajstić information content (AvgIpc) is 2.46. The van der Waals surface area contributed by atoms with Gasteiger partial charge in [0.05, 0.1) is 0 Å². The van der Waals surface area contributed by atoms with E-state index in [0.29, 0.717) is 0 Å². The van der Waals surface area contributed by atoms with Crippen molar-refractivity contribution in [2.24, 2.45) is 5.10 Å². The van der Waals surface area contributed by atoms with Gasteiger partial charge in [0, 0.05) is 0 Å². The molecule has 1 aromatic heterocycles. The summed E-state index contributed by atoms with van der Waals surface area (Å²) < 4.78 is 4.15. The van der Waals surface area contributed by atoms with E-state index in [0.717, 1.165) is 10.9 Å². The van der Waals surface area contributed by atoms with Crippen LogP contribution in [0.4, 0.5) is 0 Å². The first-order valence-electron chi connectivity index (χ1n) is 6.03. The van der Waals surface area contributed by atoms with Gasteiger partial charge in [-0.25, -0.2) is 0 Å². The summed E-state index contributed by atoms with van der Waals surface area (Å²) in [6.45, 7) is 0. The van der Waals surface area contributed by atoms with E-state index in [1.54, 1.807) is 0 Å². The second-order valence-corrected chi connectivity index (χ2v) is 5.03. The van der Waals surface area contributed by atoms with Gasteiger partial charge in [-0.1, -0.05) is 0 Å². The zero-order chi connectivity index (χ0) is 13.2. The van der Waals surface area contributed by atoms with Crippen molar-refractivity contribution >= 4 is 26.1 Å². The molecule has 3 aromatic rings. The van der Waals surface area contributed by atoms with Crippen LogP contribution in [0.15, 0.2) is 53.8 Å². The standard InChI is InChI=1S/C15H13N3.W/c1-16-17-15-14-10-12-6-4-3-5-11(12)9-13(14)7-8-18(15)2;/h2-10,16H,1H3;/b17-15-;. The third kappa shape index (κ3) is 2.15. The number of rotatable bonds is 2. The molecule has 1 heterocycles. The Hall–Kier alpha value is -1.73. The molecule has 0 saturated carbocycles. The number of hydrogen-bond donors (Lipinski definition) is 1. The molecule has 4 heteroatoms. The number of aromatic nitrogens is 1. The molecule has 0 saturated heterocycles. The SMILES string of the molecule is CN/N=c1/c2cc3ccccc3cc2ccn1[CH]=[W]. The molecule has 0 bridgehead atoms. The fourth-order valence-electron chi connectivity index (χ4n) is 2.27. The van der Waals surface area contributed by atoms with Crippen molar-refractivity contribution in [2.45, 2.75) is 0 Å². The summed E-state index contributed by atoms with van der Waals surface area (Å²) in [6.07, 6.45) is 2.06. The van der Waals surface area contributed by atoms with Crippen LogP contribution < -0.4 is 10.9 Å². The molecule has 3 nitrogen and oxygen atoms in total. The first kappa shape index (κ1) is 12.3. The summed E-state index contributed by atoms with van der Waals surface area (Å²) >= 11 is 1.40. The van der Waals surface area contributed by atoms with E-state index in [1.165, 1.54) is 35.5 Å². The van der Waals surface area contributed by atoms with Crippen LogP contribution in [0.2, 0.25) is 0 Å². The molecule has 0 aliphatic heterocycles. The Morgan fingerprint density at radius 3 is 2.53 bits per heavy atom. The zero-order valence-corrected chi connectivity index (χ0v) is 13.4. The van der Waals surface area contributed by atoms with Crippen LogP contribution in [0.3, 0.4) is 0 Å². The van der Waals surface area contributed by atoms with Crippen molar-refractivity contribution in [3.05, 3.63) is 54.1 Å². The molecular formula is C15H13N3W. The summed E-state index contributed by atoms with van der Waals surface area (Å²) in [5.41, 5.74) is 3.84. The van der Waals surface area contributed by atoms with E-state index in [1.807, 2.05) is 7.05 Å². The molecule has 2 aromatic carbocycles. The van der Waals surface area contributed by atoms with Crippen LogP contribution in [0.25, 0.3) is 21.5 Å². The number of hydrogen-bond acceptors (Lipinski definition) is 2. The molecular weight excluding hydrogens is 406 g/mol. The van der Waals surface area contributed by atoms with Crippen LogP contribution in [-0.4, -0.2) is 16.1 Å². The Balaban J connectivity index is 2.50. The van der Waals surface area contributed by atoms with Crippen LogP contribution >= 0.6 is 0 Å². The van der Waals surface area contributed by atoms with Crippen LogP contribution in [0, 0.1) is 0 Å². The molecule has 0 unspecified atom stereocenters. The number of pyridine rings is 1. The zero-order valence-electron chi connectivity index (χ0n) is 10.5. The van der Waals surface area contributed by atoms with E-state index in [-0.39, 0.29) is 0 Å². The molecule has 0 amide bonds. The van der Waals surface area contributed by atoms with Crippen molar-refractivity contribution in [3.8, 4) is 0 Å². The van der Waals surface area contributed by atoms with Crippen LogP contribution in [0.5, 0.6) is 0 Å². The van der Waals surface area contributed by atoms with Crippen molar-refractivity contribution in [3.63, 3.8) is 0 Å². The van der Waals surface area contributed by atoms with Gasteiger partial charge in [0.15, 0.2) is 0 Å². The van der Waals surface area contributed by atoms with Crippen LogP contribution in [0.1, 0.15) is 0 Å². The monoisotopic (exact) mass is 419 g/mol. The van der Waals surface area contributed by atoms with Crippen molar-refractivity contribution in [1.82, 2.24) is 9.99 Å². The maximum absolute atomic E-state index is 4.41. The van der Waals surface area contributed by atoms with E-state index in [9.17, 15) is 0 Å². The first-order chi connectivity index (χ1) is 9.33. The van der Waals surface area contributed by atoms with E-state index < -0.39 is 0 Å². The summed E-state index contributed by atoms with van der Waals surface area (Å²) in [4.78, 5) is 0. The Labute approximate surface area is 122 Å². The molecule has 0 atom stereocenters. The molecule has 3 rings (SSSR count). The Kier molecular flexibility index (Phi) is 3.30. The fraction of sp³-hybridized carbons (Fsp3) is 0.0667. The van der Waals surface area contributed by atoms with E-state index >= 15 is 0 Å². The van der Waals surface area contributed by atoms with Crippen LogP contribution in [-0.2, 0) is 19.4 Å². The van der Waals surface area contributed by atoms with Crippen molar-refractivity contribution in [1.29, 1.82) is 0 Å². The predicted octanol–water partition coefficient (Wildman–Crippen LogP) is 1.98. The van der Waals surface area contributed by atoms with Gasteiger partial charge in [0.25, 0.3) is 0 Å². The third-order valence-corrected chi connectivity index (χ3v) is 3.97. The second kappa shape index (κ2) is 5.10. The summed E-state index contributed by atoms with van der Waals surface area (Å²) in [5.74, 6) is 0. The van der Waals surface area contributed by atoms with Crippen molar-refractivity contribution in [2.75, 3.05) is 7.05 Å². The Morgan fingerprint density at radius 1 is 1.11 bits per heavy atom. The van der Waals surface area contributed by atoms with Gasteiger partial charge in [-0.15, -0.1) is 0 Å². The molecule has 1 N–H and O–H groups in total. The number of benzene rings is 2. The first-order valence-corrected chi connectivity index (χ1v) is 7.72. The molecule has 94 valence electrons. The quantitative estimate of drug-likeness (QED) is 0.500. The van der Waals surface area contributed by atoms with Gasteiger partial charge >= 0.3 is 122 Å². The normalized spacial score (nSPS) is 11.9. The minimum atomic E-state index is 0.945. The predicted molar refractivity (Wildman–Crippen MR) is 75.5 cm³/mol. The molecule has 0 spiro atoms. The number of nitrogens with one attached hydrogen (secondary N) is 1. The summed E-state index contributed by atoms with van der Waals surface area (Å²) in [7, 11) is 1.83.